The van der Waals surface area contributed by atoms with E-state index in [4.69, 9.17) is 5.73 Å². The number of amides is 1. The minimum absolute atomic E-state index is 0.0651. The van der Waals surface area contributed by atoms with Crippen LogP contribution in [-0.4, -0.2) is 42.7 Å². The number of carbonyl (C=O) groups excluding carboxylic acids is 1. The molecule has 8 heteroatoms. The Kier molecular flexibility index (Phi) is 6.27. The molecule has 7 nitrogen and oxygen atoms in total. The average molecular weight is 475 g/mol. The maximum Gasteiger partial charge on any atom is 0.254 e. The van der Waals surface area contributed by atoms with Crippen molar-refractivity contribution in [2.45, 2.75) is 40.7 Å². The molecular weight excluding hydrogens is 444 g/mol. The number of hydrogen-bond acceptors (Lipinski definition) is 6. The Morgan fingerprint density at radius 3 is 2.62 bits per heavy atom. The molecule has 0 aliphatic heterocycles. The molecule has 4 rings (SSSR count). The van der Waals surface area contributed by atoms with Crippen molar-refractivity contribution in [2.75, 3.05) is 12.3 Å². The highest BCUT2D eigenvalue weighted by Gasteiger charge is 2.24. The molecule has 0 saturated carbocycles. The smallest absolute Gasteiger partial charge is 0.254 e. The third-order valence-electron chi connectivity index (χ3n) is 5.89. The van der Waals surface area contributed by atoms with Crippen molar-refractivity contribution in [2.24, 2.45) is 5.92 Å². The first-order valence-corrected chi connectivity index (χ1v) is 12.1. The van der Waals surface area contributed by atoms with Gasteiger partial charge in [-0.05, 0) is 56.5 Å². The zero-order valence-electron chi connectivity index (χ0n) is 20.3. The van der Waals surface area contributed by atoms with Gasteiger partial charge in [0.1, 0.15) is 17.2 Å². The lowest BCUT2D eigenvalue weighted by atomic mass is 10.0. The number of nitrogens with zero attached hydrogens (tertiary/aromatic N) is 5. The Bertz CT molecular complexity index is 1530. The van der Waals surface area contributed by atoms with Gasteiger partial charge in [0.25, 0.3) is 5.91 Å². The maximum absolute atomic E-state index is 13.8. The van der Waals surface area contributed by atoms with E-state index in [1.54, 1.807) is 23.6 Å². The van der Waals surface area contributed by atoms with E-state index in [1.165, 1.54) is 0 Å². The van der Waals surface area contributed by atoms with Gasteiger partial charge in [-0.15, -0.1) is 11.3 Å². The van der Waals surface area contributed by atoms with E-state index in [0.717, 1.165) is 37.3 Å². The van der Waals surface area contributed by atoms with Crippen molar-refractivity contribution < 1.29 is 4.79 Å². The highest BCUT2D eigenvalue weighted by Crippen LogP contribution is 2.24. The van der Waals surface area contributed by atoms with Crippen LogP contribution in [0.25, 0.3) is 29.2 Å². The first-order chi connectivity index (χ1) is 16.1. The van der Waals surface area contributed by atoms with E-state index < -0.39 is 0 Å². The Morgan fingerprint density at radius 1 is 1.24 bits per heavy atom. The van der Waals surface area contributed by atoms with E-state index in [-0.39, 0.29) is 17.9 Å². The summed E-state index contributed by atoms with van der Waals surface area (Å²) >= 11 is 1.55. The van der Waals surface area contributed by atoms with Crippen LogP contribution in [0.3, 0.4) is 0 Å². The zero-order chi connectivity index (χ0) is 24.7. The quantitative estimate of drug-likeness (QED) is 0.462. The average Bonchev–Trinajstić information content (AvgIpc) is 3.32. The van der Waals surface area contributed by atoms with E-state index in [1.807, 2.05) is 48.3 Å². The second kappa shape index (κ2) is 9.02. The number of rotatable bonds is 6. The topological polar surface area (TPSA) is 89.4 Å². The molecule has 0 bridgehead atoms. The van der Waals surface area contributed by atoms with E-state index >= 15 is 0 Å². The highest BCUT2D eigenvalue weighted by atomic mass is 32.1. The van der Waals surface area contributed by atoms with Gasteiger partial charge in [0.2, 0.25) is 0 Å². The monoisotopic (exact) mass is 474 g/mol. The lowest BCUT2D eigenvalue weighted by Crippen LogP contribution is -2.42. The van der Waals surface area contributed by atoms with Crippen molar-refractivity contribution in [1.82, 2.24) is 24.3 Å². The summed E-state index contributed by atoms with van der Waals surface area (Å²) < 4.78 is 2.84. The molecule has 2 N–H and O–H groups in total. The molecule has 0 aliphatic rings. The minimum atomic E-state index is -0.216. The van der Waals surface area contributed by atoms with Crippen molar-refractivity contribution in [1.29, 1.82) is 0 Å². The van der Waals surface area contributed by atoms with Crippen LogP contribution in [0.5, 0.6) is 0 Å². The van der Waals surface area contributed by atoms with Crippen LogP contribution in [0.15, 0.2) is 36.5 Å². The largest absolute Gasteiger partial charge is 0.382 e. The van der Waals surface area contributed by atoms with Crippen LogP contribution in [0.1, 0.15) is 42.0 Å². The Labute approximate surface area is 203 Å². The van der Waals surface area contributed by atoms with Gasteiger partial charge < -0.3 is 10.6 Å². The normalized spacial score (nSPS) is 13.2. The maximum atomic E-state index is 13.8. The molecule has 1 amide bonds. The Balaban J connectivity index is 1.76. The lowest BCUT2D eigenvalue weighted by molar-refractivity contribution is 0.0698. The summed E-state index contributed by atoms with van der Waals surface area (Å²) in [6.07, 6.45) is 3.64. The zero-order valence-corrected chi connectivity index (χ0v) is 21.1. The molecule has 3 aromatic heterocycles. The molecule has 3 heterocycles. The summed E-state index contributed by atoms with van der Waals surface area (Å²) in [5, 5.41) is 1.77. The Morgan fingerprint density at radius 2 is 1.97 bits per heavy atom. The number of fused-ring (bicyclic) bond motifs is 3. The number of thiazole rings is 1. The third kappa shape index (κ3) is 4.33. The fraction of sp³-hybridized carbons (Fsp3) is 0.308. The third-order valence-corrected chi connectivity index (χ3v) is 6.73. The van der Waals surface area contributed by atoms with Gasteiger partial charge in [0, 0.05) is 16.6 Å². The van der Waals surface area contributed by atoms with Crippen molar-refractivity contribution in [3.05, 3.63) is 62.8 Å². The molecule has 0 saturated heterocycles. The van der Waals surface area contributed by atoms with Gasteiger partial charge in [-0.3, -0.25) is 9.20 Å². The summed E-state index contributed by atoms with van der Waals surface area (Å²) in [5.41, 5.74) is 9.75. The summed E-state index contributed by atoms with van der Waals surface area (Å²) in [5.74, 6) is 1.42. The number of nitrogen functional groups attached to an aromatic ring is 1. The summed E-state index contributed by atoms with van der Waals surface area (Å²) in [6, 6.07) is 5.30. The Hall–Kier alpha value is -3.52. The number of carbonyl (C=O) groups is 1. The van der Waals surface area contributed by atoms with E-state index in [0.29, 0.717) is 23.4 Å². The summed E-state index contributed by atoms with van der Waals surface area (Å²) in [7, 11) is 0. The van der Waals surface area contributed by atoms with Crippen LogP contribution in [0.2, 0.25) is 0 Å². The second-order valence-corrected chi connectivity index (χ2v) is 10.3. The molecule has 4 aromatic rings. The standard InChI is InChI=1S/C26H30N6OS/c1-14(2)13-31(16(4)15(3)10-22-17(5)34-19(7)29-22)26(33)20-8-9-21-23(11-20)32-18(6)28-12-24(32)25(27)30-21/h8-12,14,16H,3,5,13H2,1-2,4,6-7H3,(H2,27,30)/b22-10+/t16-/m1/s1. The fourth-order valence-corrected chi connectivity index (χ4v) is 4.83. The van der Waals surface area contributed by atoms with Crippen LogP contribution in [-0.2, 0) is 0 Å². The SMILES string of the molecule is C=C(/C=c1/nc(C)sc1=C)[C@@H](C)N(CC(C)C)C(=O)c1ccc2nc(N)c3cnc(C)n3c2c1. The predicted octanol–water partition coefficient (Wildman–Crippen LogP) is 3.47. The van der Waals surface area contributed by atoms with Gasteiger partial charge in [-0.1, -0.05) is 27.0 Å². The number of hydrogen-bond donors (Lipinski definition) is 1. The summed E-state index contributed by atoms with van der Waals surface area (Å²) in [4.78, 5) is 29.1. The van der Waals surface area contributed by atoms with Gasteiger partial charge in [-0.25, -0.2) is 15.0 Å². The first-order valence-electron chi connectivity index (χ1n) is 11.2. The molecule has 0 spiro atoms. The van der Waals surface area contributed by atoms with Crippen LogP contribution >= 0.6 is 11.3 Å². The van der Waals surface area contributed by atoms with Crippen molar-refractivity contribution in [3.8, 4) is 0 Å². The molecule has 34 heavy (non-hydrogen) atoms. The number of nitrogens with two attached hydrogens (primary N) is 1. The number of aromatic nitrogens is 4. The van der Waals surface area contributed by atoms with Gasteiger partial charge in [-0.2, -0.15) is 0 Å². The first kappa shape index (κ1) is 23.6. The molecule has 0 fully saturated rings. The van der Waals surface area contributed by atoms with Crippen LogP contribution in [0.4, 0.5) is 5.82 Å². The number of anilines is 1. The number of aryl methyl sites for hydroxylation is 2. The fourth-order valence-electron chi connectivity index (χ4n) is 4.12. The van der Waals surface area contributed by atoms with E-state index in [9.17, 15) is 4.79 Å². The highest BCUT2D eigenvalue weighted by molar-refractivity contribution is 7.09. The van der Waals surface area contributed by atoms with Crippen molar-refractivity contribution >= 4 is 52.3 Å². The predicted molar refractivity (Wildman–Crippen MR) is 140 cm³/mol. The molecule has 1 atom stereocenters. The molecule has 0 aliphatic carbocycles. The molecule has 1 aromatic carbocycles. The number of benzene rings is 1. The second-order valence-electron chi connectivity index (χ2n) is 9.01. The van der Waals surface area contributed by atoms with Crippen LogP contribution < -0.4 is 15.6 Å². The number of imidazole rings is 1. The van der Waals surface area contributed by atoms with Gasteiger partial charge in [0.05, 0.1) is 33.6 Å². The van der Waals surface area contributed by atoms with Crippen molar-refractivity contribution in [3.63, 3.8) is 0 Å². The molecular formula is C26H30N6OS. The van der Waals surface area contributed by atoms with Gasteiger partial charge in [0.15, 0.2) is 0 Å². The molecule has 176 valence electrons. The minimum Gasteiger partial charge on any atom is -0.382 e. The molecule has 0 radical (unpaired) electrons. The van der Waals surface area contributed by atoms with Crippen LogP contribution in [0, 0.1) is 19.8 Å². The van der Waals surface area contributed by atoms with Gasteiger partial charge >= 0.3 is 0 Å². The summed E-state index contributed by atoms with van der Waals surface area (Å²) in [6.45, 7) is 19.0. The van der Waals surface area contributed by atoms with E-state index in [2.05, 4.69) is 42.0 Å². The molecule has 0 unspecified atom stereocenters. The lowest BCUT2D eigenvalue weighted by Gasteiger charge is -2.31.